The maximum absolute atomic E-state index is 11.1. The molecule has 13 heavy (non-hydrogen) atoms. The van der Waals surface area contributed by atoms with Gasteiger partial charge in [0.05, 0.1) is 6.54 Å². The number of methoxy groups -OCH3 is 1. The minimum Gasteiger partial charge on any atom is -0.377 e. The lowest BCUT2D eigenvalue weighted by molar-refractivity contribution is -0.123. The van der Waals surface area contributed by atoms with E-state index in [4.69, 9.17) is 0 Å². The first-order valence-corrected chi connectivity index (χ1v) is 3.89. The van der Waals surface area contributed by atoms with Gasteiger partial charge in [-0.25, -0.2) is 0 Å². The number of carbonyl (C=O) groups is 1. The predicted octanol–water partition coefficient (Wildman–Crippen LogP) is 0.0638. The molecule has 4 heteroatoms. The number of aromatic nitrogens is 1. The average molecular weight is 181 g/mol. The highest BCUT2D eigenvalue weighted by atomic mass is 16.5. The zero-order valence-electron chi connectivity index (χ0n) is 7.40. The number of hydrogen-bond acceptors (Lipinski definition) is 3. The smallest absolute Gasteiger partial charge is 0.181 e. The summed E-state index contributed by atoms with van der Waals surface area (Å²) in [6.45, 7) is 0.347. The number of ketones is 1. The molecule has 1 aromatic heterocycles. The fraction of sp³-hybridized carbons (Fsp3) is 0.333. The summed E-state index contributed by atoms with van der Waals surface area (Å²) in [5.74, 6) is -0.0221. The Labute approximate surface area is 75.8 Å². The molecule has 0 amide bonds. The first kappa shape index (κ1) is 9.67. The third-order valence-electron chi connectivity index (χ3n) is 1.52. The highest BCUT2D eigenvalue weighted by Gasteiger charge is 1.99. The normalized spacial score (nSPS) is 9.92. The van der Waals surface area contributed by atoms with Gasteiger partial charge in [0.2, 0.25) is 0 Å². The van der Waals surface area contributed by atoms with Crippen molar-refractivity contribution in [1.29, 1.82) is 0 Å². The quantitative estimate of drug-likeness (QED) is 0.660. The van der Waals surface area contributed by atoms with Gasteiger partial charge in [-0.1, -0.05) is 0 Å². The van der Waals surface area contributed by atoms with Crippen LogP contribution in [0.15, 0.2) is 29.3 Å². The van der Waals surface area contributed by atoms with E-state index in [1.807, 2.05) is 0 Å². The zero-order valence-corrected chi connectivity index (χ0v) is 7.40. The van der Waals surface area contributed by atoms with E-state index in [1.165, 1.54) is 19.2 Å². The van der Waals surface area contributed by atoms with E-state index >= 15 is 0 Å². The van der Waals surface area contributed by atoms with Gasteiger partial charge in [-0.2, -0.15) is 0 Å². The van der Waals surface area contributed by atoms with Crippen molar-refractivity contribution in [3.8, 4) is 0 Å². The molecule has 0 saturated carbocycles. The Hall–Kier alpha value is -1.42. The Morgan fingerprint density at radius 1 is 1.46 bits per heavy atom. The number of carbonyl (C=O) groups excluding carboxylic acids is 1. The van der Waals surface area contributed by atoms with Crippen molar-refractivity contribution < 1.29 is 9.53 Å². The summed E-state index contributed by atoms with van der Waals surface area (Å²) < 4.78 is 6.32. The van der Waals surface area contributed by atoms with E-state index in [0.29, 0.717) is 0 Å². The summed E-state index contributed by atoms with van der Waals surface area (Å²) >= 11 is 0. The van der Waals surface area contributed by atoms with Crippen molar-refractivity contribution in [1.82, 2.24) is 4.57 Å². The summed E-state index contributed by atoms with van der Waals surface area (Å²) in [6, 6.07) is 2.83. The Bertz CT molecular complexity index is 322. The van der Waals surface area contributed by atoms with Crippen LogP contribution in [-0.2, 0) is 16.1 Å². The minimum atomic E-state index is -0.0598. The van der Waals surface area contributed by atoms with Crippen molar-refractivity contribution >= 4 is 5.78 Å². The molecule has 0 aliphatic heterocycles. The van der Waals surface area contributed by atoms with Crippen LogP contribution in [0.4, 0.5) is 0 Å². The molecule has 1 aromatic rings. The lowest BCUT2D eigenvalue weighted by Gasteiger charge is -2.03. The topological polar surface area (TPSA) is 48.3 Å². The number of Topliss-reactive ketones (excluding diaryl/α,β-unsaturated/α-hetero) is 1. The molecule has 0 bridgehead atoms. The molecule has 1 heterocycles. The van der Waals surface area contributed by atoms with Gasteiger partial charge in [0.25, 0.3) is 0 Å². The lowest BCUT2D eigenvalue weighted by Crippen LogP contribution is -2.15. The summed E-state index contributed by atoms with van der Waals surface area (Å²) in [5, 5.41) is 0. The molecule has 0 aliphatic rings. The maximum Gasteiger partial charge on any atom is 0.181 e. The van der Waals surface area contributed by atoms with Crippen molar-refractivity contribution in [2.24, 2.45) is 0 Å². The van der Waals surface area contributed by atoms with Crippen molar-refractivity contribution in [2.75, 3.05) is 13.7 Å². The molecule has 1 rings (SSSR count). The van der Waals surface area contributed by atoms with Crippen LogP contribution in [0.3, 0.4) is 0 Å². The summed E-state index contributed by atoms with van der Waals surface area (Å²) in [7, 11) is 1.48. The Balaban J connectivity index is 2.59. The van der Waals surface area contributed by atoms with E-state index in [2.05, 4.69) is 4.74 Å². The van der Waals surface area contributed by atoms with E-state index in [9.17, 15) is 9.59 Å². The molecule has 0 unspecified atom stereocenters. The molecular formula is C9H11NO3. The standard InChI is InChI=1S/C9H11NO3/c1-13-7-9(12)6-10-4-2-8(11)3-5-10/h2-5H,6-7H2,1H3. The maximum atomic E-state index is 11.1. The number of rotatable bonds is 4. The third-order valence-corrected chi connectivity index (χ3v) is 1.52. The van der Waals surface area contributed by atoms with Gasteiger partial charge in [-0.15, -0.1) is 0 Å². The van der Waals surface area contributed by atoms with Crippen LogP contribution >= 0.6 is 0 Å². The van der Waals surface area contributed by atoms with Gasteiger partial charge in [0.15, 0.2) is 11.2 Å². The van der Waals surface area contributed by atoms with Crippen molar-refractivity contribution in [2.45, 2.75) is 6.54 Å². The Morgan fingerprint density at radius 3 is 2.62 bits per heavy atom. The second-order valence-electron chi connectivity index (χ2n) is 2.68. The minimum absolute atomic E-state index is 0.0221. The van der Waals surface area contributed by atoms with E-state index < -0.39 is 0 Å². The molecule has 0 atom stereocenters. The lowest BCUT2D eigenvalue weighted by atomic mass is 10.4. The molecule has 0 radical (unpaired) electrons. The molecular weight excluding hydrogens is 170 g/mol. The second-order valence-corrected chi connectivity index (χ2v) is 2.68. The number of ether oxygens (including phenoxy) is 1. The van der Waals surface area contributed by atoms with Gasteiger partial charge < -0.3 is 9.30 Å². The van der Waals surface area contributed by atoms with Crippen LogP contribution in [-0.4, -0.2) is 24.1 Å². The largest absolute Gasteiger partial charge is 0.377 e. The molecule has 4 nitrogen and oxygen atoms in total. The highest BCUT2D eigenvalue weighted by Crippen LogP contribution is 1.86. The molecule has 0 aromatic carbocycles. The van der Waals surface area contributed by atoms with E-state index in [0.717, 1.165) is 0 Å². The molecule has 0 fully saturated rings. The predicted molar refractivity (Wildman–Crippen MR) is 47.6 cm³/mol. The molecule has 0 spiro atoms. The summed E-state index contributed by atoms with van der Waals surface area (Å²) in [4.78, 5) is 21.8. The SMILES string of the molecule is COCC(=O)Cn1ccc(=O)cc1. The fourth-order valence-electron chi connectivity index (χ4n) is 0.959. The molecule has 70 valence electrons. The van der Waals surface area contributed by atoms with Crippen LogP contribution < -0.4 is 5.43 Å². The van der Waals surface area contributed by atoms with Gasteiger partial charge in [-0.05, 0) is 0 Å². The Kier molecular flexibility index (Phi) is 3.40. The second kappa shape index (κ2) is 4.57. The first-order valence-electron chi connectivity index (χ1n) is 3.89. The molecule has 0 aliphatic carbocycles. The van der Waals surface area contributed by atoms with Gasteiger partial charge in [-0.3, -0.25) is 9.59 Å². The van der Waals surface area contributed by atoms with Crippen LogP contribution in [0.1, 0.15) is 0 Å². The van der Waals surface area contributed by atoms with Gasteiger partial charge in [0.1, 0.15) is 6.61 Å². The van der Waals surface area contributed by atoms with Crippen molar-refractivity contribution in [3.63, 3.8) is 0 Å². The van der Waals surface area contributed by atoms with Crippen LogP contribution in [0.5, 0.6) is 0 Å². The third kappa shape index (κ3) is 3.21. The Morgan fingerprint density at radius 2 is 2.08 bits per heavy atom. The number of nitrogens with zero attached hydrogens (tertiary/aromatic N) is 1. The molecule has 0 N–H and O–H groups in total. The fourth-order valence-corrected chi connectivity index (χ4v) is 0.959. The van der Waals surface area contributed by atoms with Crippen LogP contribution in [0.25, 0.3) is 0 Å². The van der Waals surface area contributed by atoms with Crippen molar-refractivity contribution in [3.05, 3.63) is 34.7 Å². The summed E-state index contributed by atoms with van der Waals surface area (Å²) in [6.07, 6.45) is 3.16. The molecule has 0 saturated heterocycles. The number of pyridine rings is 1. The zero-order chi connectivity index (χ0) is 9.68. The monoisotopic (exact) mass is 181 g/mol. The average Bonchev–Trinajstić information content (AvgIpc) is 2.09. The number of hydrogen-bond donors (Lipinski definition) is 0. The first-order chi connectivity index (χ1) is 6.22. The van der Waals surface area contributed by atoms with Crippen LogP contribution in [0, 0.1) is 0 Å². The van der Waals surface area contributed by atoms with Gasteiger partial charge in [0, 0.05) is 31.6 Å². The van der Waals surface area contributed by atoms with E-state index in [1.54, 1.807) is 17.0 Å². The van der Waals surface area contributed by atoms with Gasteiger partial charge >= 0.3 is 0 Å². The van der Waals surface area contributed by atoms with E-state index in [-0.39, 0.29) is 24.4 Å². The summed E-state index contributed by atoms with van der Waals surface area (Å²) in [5.41, 5.74) is -0.0598. The highest BCUT2D eigenvalue weighted by molar-refractivity contribution is 5.79. The van der Waals surface area contributed by atoms with Crippen LogP contribution in [0.2, 0.25) is 0 Å².